The van der Waals surface area contributed by atoms with Gasteiger partial charge in [-0.15, -0.1) is 0 Å². The quantitative estimate of drug-likeness (QED) is 0.593. The van der Waals surface area contributed by atoms with E-state index in [1.807, 2.05) is 0 Å². The largest absolute Gasteiger partial charge is 0.497 e. The highest BCUT2D eigenvalue weighted by molar-refractivity contribution is 6.01. The molecule has 0 saturated carbocycles. The molecule has 0 aliphatic heterocycles. The second-order valence-electron chi connectivity index (χ2n) is 2.98. The van der Waals surface area contributed by atoms with Gasteiger partial charge in [0, 0.05) is 5.56 Å². The predicted molar refractivity (Wildman–Crippen MR) is 48.3 cm³/mol. The molecule has 0 unspecified atom stereocenters. The summed E-state index contributed by atoms with van der Waals surface area (Å²) in [6.07, 6.45) is -4.01. The number of methoxy groups -OCH3 is 1. The van der Waals surface area contributed by atoms with Gasteiger partial charge in [-0.25, -0.2) is 8.78 Å². The number of hydrogen-bond donors (Lipinski definition) is 0. The van der Waals surface area contributed by atoms with E-state index in [2.05, 4.69) is 0 Å². The molecule has 0 atom stereocenters. The van der Waals surface area contributed by atoms with E-state index in [1.165, 1.54) is 19.2 Å². The number of ether oxygens (including phenoxy) is 1. The Morgan fingerprint density at radius 3 is 2.12 bits per heavy atom. The van der Waals surface area contributed by atoms with E-state index >= 15 is 0 Å². The average molecular weight is 236 g/mol. The van der Waals surface area contributed by atoms with Crippen molar-refractivity contribution in [1.29, 1.82) is 0 Å². The van der Waals surface area contributed by atoms with Crippen molar-refractivity contribution in [1.82, 2.24) is 0 Å². The van der Waals surface area contributed by atoms with Gasteiger partial charge in [0.2, 0.25) is 5.78 Å². The number of ketones is 1. The van der Waals surface area contributed by atoms with Crippen molar-refractivity contribution in [2.75, 3.05) is 7.11 Å². The molecule has 0 bridgehead atoms. The van der Waals surface area contributed by atoms with Crippen LogP contribution in [0.3, 0.4) is 0 Å². The number of alkyl halides is 4. The minimum atomic E-state index is -4.66. The highest BCUT2D eigenvalue weighted by Crippen LogP contribution is 2.27. The van der Waals surface area contributed by atoms with Crippen molar-refractivity contribution in [2.45, 2.75) is 12.3 Å². The van der Waals surface area contributed by atoms with E-state index < -0.39 is 23.7 Å². The lowest BCUT2D eigenvalue weighted by molar-refractivity contribution is -0.0958. The van der Waals surface area contributed by atoms with Crippen LogP contribution in [-0.2, 0) is 0 Å². The summed E-state index contributed by atoms with van der Waals surface area (Å²) in [4.78, 5) is 11.0. The van der Waals surface area contributed by atoms with Gasteiger partial charge in [0.1, 0.15) is 5.75 Å². The van der Waals surface area contributed by atoms with Gasteiger partial charge in [-0.1, -0.05) is 0 Å². The van der Waals surface area contributed by atoms with Crippen LogP contribution in [0.25, 0.3) is 0 Å². The molecule has 1 aromatic carbocycles. The summed E-state index contributed by atoms with van der Waals surface area (Å²) in [5, 5.41) is 0. The van der Waals surface area contributed by atoms with Crippen molar-refractivity contribution in [3.05, 3.63) is 29.8 Å². The summed E-state index contributed by atoms with van der Waals surface area (Å²) in [7, 11) is 1.35. The van der Waals surface area contributed by atoms with E-state index in [0.717, 1.165) is 12.1 Å². The van der Waals surface area contributed by atoms with E-state index in [9.17, 15) is 22.4 Å². The van der Waals surface area contributed by atoms with Crippen LogP contribution >= 0.6 is 0 Å². The number of benzene rings is 1. The molecule has 16 heavy (non-hydrogen) atoms. The number of carbonyl (C=O) groups is 1. The molecule has 0 aliphatic rings. The molecule has 0 heterocycles. The van der Waals surface area contributed by atoms with E-state index in [0.29, 0.717) is 5.75 Å². The van der Waals surface area contributed by atoms with Gasteiger partial charge in [0.25, 0.3) is 0 Å². The minimum Gasteiger partial charge on any atom is -0.497 e. The molecule has 0 aliphatic carbocycles. The van der Waals surface area contributed by atoms with E-state index in [1.54, 1.807) is 0 Å². The molecule has 0 fully saturated rings. The van der Waals surface area contributed by atoms with Crippen molar-refractivity contribution in [3.63, 3.8) is 0 Å². The van der Waals surface area contributed by atoms with Gasteiger partial charge in [0.15, 0.2) is 0 Å². The topological polar surface area (TPSA) is 26.3 Å². The lowest BCUT2D eigenvalue weighted by atomic mass is 10.1. The molecule has 0 spiro atoms. The number of hydrogen-bond acceptors (Lipinski definition) is 2. The summed E-state index contributed by atoms with van der Waals surface area (Å²) >= 11 is 0. The Kier molecular flexibility index (Phi) is 3.51. The van der Waals surface area contributed by atoms with Crippen molar-refractivity contribution in [2.24, 2.45) is 0 Å². The third-order valence-electron chi connectivity index (χ3n) is 1.93. The third-order valence-corrected chi connectivity index (χ3v) is 1.93. The molecule has 1 aromatic rings. The summed E-state index contributed by atoms with van der Waals surface area (Å²) in [5.41, 5.74) is -0.480. The maximum absolute atomic E-state index is 12.7. The van der Waals surface area contributed by atoms with Crippen LogP contribution in [-0.4, -0.2) is 25.2 Å². The molecule has 0 amide bonds. The Morgan fingerprint density at radius 1 is 1.25 bits per heavy atom. The summed E-state index contributed by atoms with van der Waals surface area (Å²) in [5.74, 6) is -6.21. The molecular formula is C10H8F4O2. The Bertz CT molecular complexity index is 373. The SMILES string of the molecule is COc1ccc(C(=O)C(F)(F)C(F)F)cc1. The van der Waals surface area contributed by atoms with Crippen LogP contribution in [0.15, 0.2) is 24.3 Å². The first kappa shape index (κ1) is 12.5. The molecule has 0 radical (unpaired) electrons. The zero-order chi connectivity index (χ0) is 12.3. The molecule has 88 valence electrons. The zero-order valence-electron chi connectivity index (χ0n) is 8.22. The molecule has 0 aromatic heterocycles. The second kappa shape index (κ2) is 4.51. The Balaban J connectivity index is 2.97. The van der Waals surface area contributed by atoms with Gasteiger partial charge in [0.05, 0.1) is 7.11 Å². The van der Waals surface area contributed by atoms with Crippen LogP contribution in [0.4, 0.5) is 17.6 Å². The standard InChI is InChI=1S/C10H8F4O2/c1-16-7-4-2-6(3-5-7)8(15)10(13,14)9(11)12/h2-5,9H,1H3. The van der Waals surface area contributed by atoms with Gasteiger partial charge in [-0.3, -0.25) is 4.79 Å². The van der Waals surface area contributed by atoms with Crippen molar-refractivity contribution >= 4 is 5.78 Å². The summed E-state index contributed by atoms with van der Waals surface area (Å²) in [6.45, 7) is 0. The first-order chi connectivity index (χ1) is 7.39. The van der Waals surface area contributed by atoms with Crippen LogP contribution in [0.1, 0.15) is 10.4 Å². The number of carbonyl (C=O) groups excluding carboxylic acids is 1. The number of Topliss-reactive ketones (excluding diaryl/α,β-unsaturated/α-hetero) is 1. The smallest absolute Gasteiger partial charge is 0.368 e. The molecule has 1 rings (SSSR count). The average Bonchev–Trinajstić information content (AvgIpc) is 2.28. The molecule has 6 heteroatoms. The summed E-state index contributed by atoms with van der Waals surface area (Å²) in [6, 6.07) is 4.51. The van der Waals surface area contributed by atoms with Crippen molar-refractivity contribution < 1.29 is 27.1 Å². The van der Waals surface area contributed by atoms with E-state index in [4.69, 9.17) is 4.74 Å². The van der Waals surface area contributed by atoms with Gasteiger partial charge in [-0.05, 0) is 24.3 Å². The first-order valence-electron chi connectivity index (χ1n) is 4.24. The fraction of sp³-hybridized carbons (Fsp3) is 0.300. The van der Waals surface area contributed by atoms with Gasteiger partial charge < -0.3 is 4.74 Å². The monoisotopic (exact) mass is 236 g/mol. The fourth-order valence-corrected chi connectivity index (χ4v) is 1.03. The highest BCUT2D eigenvalue weighted by Gasteiger charge is 2.48. The molecule has 2 nitrogen and oxygen atoms in total. The number of halogens is 4. The Hall–Kier alpha value is -1.59. The number of rotatable bonds is 4. The maximum Gasteiger partial charge on any atom is 0.368 e. The van der Waals surface area contributed by atoms with Gasteiger partial charge in [-0.2, -0.15) is 8.78 Å². The zero-order valence-corrected chi connectivity index (χ0v) is 8.22. The molecular weight excluding hydrogens is 228 g/mol. The van der Waals surface area contributed by atoms with Crippen LogP contribution in [0.2, 0.25) is 0 Å². The minimum absolute atomic E-state index is 0.344. The van der Waals surface area contributed by atoms with Crippen molar-refractivity contribution in [3.8, 4) is 5.75 Å². The van der Waals surface area contributed by atoms with Crippen LogP contribution < -0.4 is 4.74 Å². The van der Waals surface area contributed by atoms with Crippen LogP contribution in [0.5, 0.6) is 5.75 Å². The highest BCUT2D eigenvalue weighted by atomic mass is 19.3. The lowest BCUT2D eigenvalue weighted by Crippen LogP contribution is -2.36. The predicted octanol–water partition coefficient (Wildman–Crippen LogP) is 2.78. The summed E-state index contributed by atoms with van der Waals surface area (Å²) < 4.78 is 53.9. The van der Waals surface area contributed by atoms with Gasteiger partial charge >= 0.3 is 12.3 Å². The third kappa shape index (κ3) is 2.32. The second-order valence-corrected chi connectivity index (χ2v) is 2.98. The molecule has 0 saturated heterocycles. The lowest BCUT2D eigenvalue weighted by Gasteiger charge is -2.13. The normalized spacial score (nSPS) is 11.6. The Labute approximate surface area is 88.8 Å². The van der Waals surface area contributed by atoms with Crippen LogP contribution in [0, 0.1) is 0 Å². The fourth-order valence-electron chi connectivity index (χ4n) is 1.03. The van der Waals surface area contributed by atoms with E-state index in [-0.39, 0.29) is 0 Å². The first-order valence-corrected chi connectivity index (χ1v) is 4.24. The molecule has 0 N–H and O–H groups in total. The Morgan fingerprint density at radius 2 is 1.75 bits per heavy atom. The maximum atomic E-state index is 12.7.